The topological polar surface area (TPSA) is 63.5 Å². The van der Waals surface area contributed by atoms with Crippen LogP contribution in [0.15, 0.2) is 65.9 Å². The Hall–Kier alpha value is -2.76. The number of alkyl halides is 2. The van der Waals surface area contributed by atoms with Crippen LogP contribution in [0, 0.1) is 5.82 Å². The van der Waals surface area contributed by atoms with E-state index in [-0.39, 0.29) is 47.9 Å². The Kier molecular flexibility index (Phi) is 9.16. The maximum atomic E-state index is 14.1. The molecule has 1 heterocycles. The standard InChI is InChI=1S/C21H22F3N5O.HI/c1-14(15-6-3-7-16(12-15)29-11-5-10-27-29)28-21(25-2)26-13-17-18(22)8-4-9-19(17)30-20(23)24;/h3-12,14,20H,13H2,1-2H3,(H2,25,26,28);1H. The first-order valence-electron chi connectivity index (χ1n) is 9.27. The highest BCUT2D eigenvalue weighted by Gasteiger charge is 2.15. The van der Waals surface area contributed by atoms with Gasteiger partial charge in [-0.25, -0.2) is 9.07 Å². The van der Waals surface area contributed by atoms with Crippen molar-refractivity contribution < 1.29 is 17.9 Å². The molecule has 0 amide bonds. The van der Waals surface area contributed by atoms with Crippen LogP contribution in [0.2, 0.25) is 0 Å². The molecule has 10 heteroatoms. The zero-order valence-corrected chi connectivity index (χ0v) is 19.3. The van der Waals surface area contributed by atoms with Crippen LogP contribution in [0.4, 0.5) is 13.2 Å². The van der Waals surface area contributed by atoms with Gasteiger partial charge in [0, 0.05) is 31.5 Å². The van der Waals surface area contributed by atoms with Crippen LogP contribution in [-0.4, -0.2) is 29.4 Å². The van der Waals surface area contributed by atoms with E-state index in [1.807, 2.05) is 43.5 Å². The smallest absolute Gasteiger partial charge is 0.387 e. The fraction of sp³-hybridized carbons (Fsp3) is 0.238. The molecule has 0 aliphatic carbocycles. The Labute approximate surface area is 195 Å². The molecule has 3 rings (SSSR count). The summed E-state index contributed by atoms with van der Waals surface area (Å²) < 4.78 is 45.5. The zero-order valence-electron chi connectivity index (χ0n) is 16.9. The molecule has 0 radical (unpaired) electrons. The lowest BCUT2D eigenvalue weighted by Gasteiger charge is -2.20. The first-order valence-corrected chi connectivity index (χ1v) is 9.27. The van der Waals surface area contributed by atoms with Crippen molar-refractivity contribution in [1.82, 2.24) is 20.4 Å². The summed E-state index contributed by atoms with van der Waals surface area (Å²) in [5.74, 6) is -0.470. The van der Waals surface area contributed by atoms with Gasteiger partial charge in [-0.05, 0) is 42.8 Å². The minimum absolute atomic E-state index is 0. The van der Waals surface area contributed by atoms with Gasteiger partial charge in [0.2, 0.25) is 0 Å². The Morgan fingerprint density at radius 3 is 2.65 bits per heavy atom. The predicted molar refractivity (Wildman–Crippen MR) is 124 cm³/mol. The van der Waals surface area contributed by atoms with E-state index in [1.165, 1.54) is 18.2 Å². The van der Waals surface area contributed by atoms with Crippen molar-refractivity contribution >= 4 is 29.9 Å². The molecule has 0 aliphatic rings. The summed E-state index contributed by atoms with van der Waals surface area (Å²) in [5, 5.41) is 10.4. The van der Waals surface area contributed by atoms with Crippen molar-refractivity contribution in [3.05, 3.63) is 77.9 Å². The third-order valence-electron chi connectivity index (χ3n) is 4.44. The summed E-state index contributed by atoms with van der Waals surface area (Å²) in [6, 6.07) is 13.3. The summed E-state index contributed by atoms with van der Waals surface area (Å²) in [4.78, 5) is 4.13. The van der Waals surface area contributed by atoms with Gasteiger partial charge in [-0.2, -0.15) is 13.9 Å². The molecule has 2 N–H and O–H groups in total. The molecule has 0 saturated heterocycles. The number of aliphatic imine (C=N–C) groups is 1. The van der Waals surface area contributed by atoms with E-state index in [0.29, 0.717) is 5.96 Å². The lowest BCUT2D eigenvalue weighted by Crippen LogP contribution is -2.38. The van der Waals surface area contributed by atoms with Gasteiger partial charge in [-0.15, -0.1) is 24.0 Å². The molecule has 6 nitrogen and oxygen atoms in total. The molecule has 0 fully saturated rings. The monoisotopic (exact) mass is 545 g/mol. The third kappa shape index (κ3) is 6.61. The molecule has 0 bridgehead atoms. The minimum atomic E-state index is -3.04. The van der Waals surface area contributed by atoms with E-state index < -0.39 is 12.4 Å². The van der Waals surface area contributed by atoms with E-state index in [1.54, 1.807) is 17.9 Å². The fourth-order valence-electron chi connectivity index (χ4n) is 2.93. The summed E-state index contributed by atoms with van der Waals surface area (Å²) in [5.41, 5.74) is 1.89. The second-order valence-corrected chi connectivity index (χ2v) is 6.43. The quantitative estimate of drug-likeness (QED) is 0.258. The highest BCUT2D eigenvalue weighted by atomic mass is 127. The zero-order chi connectivity index (χ0) is 21.5. The lowest BCUT2D eigenvalue weighted by atomic mass is 10.1. The molecule has 3 aromatic rings. The van der Waals surface area contributed by atoms with Gasteiger partial charge in [-0.3, -0.25) is 4.99 Å². The van der Waals surface area contributed by atoms with E-state index in [4.69, 9.17) is 0 Å². The Morgan fingerprint density at radius 1 is 1.19 bits per heavy atom. The molecule has 166 valence electrons. The number of nitrogens with zero attached hydrogens (tertiary/aromatic N) is 3. The van der Waals surface area contributed by atoms with Crippen molar-refractivity contribution in [2.75, 3.05) is 7.05 Å². The SMILES string of the molecule is CN=C(NCc1c(F)cccc1OC(F)F)NC(C)c1cccc(-n2cccn2)c1.I. The Balaban J connectivity index is 0.00000341. The van der Waals surface area contributed by atoms with Crippen molar-refractivity contribution in [2.45, 2.75) is 26.1 Å². The van der Waals surface area contributed by atoms with Crippen LogP contribution < -0.4 is 15.4 Å². The van der Waals surface area contributed by atoms with Gasteiger partial charge in [0.05, 0.1) is 11.7 Å². The van der Waals surface area contributed by atoms with Gasteiger partial charge in [0.25, 0.3) is 0 Å². The molecule has 0 saturated carbocycles. The van der Waals surface area contributed by atoms with Crippen LogP contribution in [0.1, 0.15) is 24.1 Å². The van der Waals surface area contributed by atoms with Crippen LogP contribution in [0.5, 0.6) is 5.75 Å². The van der Waals surface area contributed by atoms with E-state index in [0.717, 1.165) is 11.3 Å². The molecule has 2 aromatic carbocycles. The summed E-state index contributed by atoms with van der Waals surface area (Å²) in [6.45, 7) is -1.16. The molecule has 1 aromatic heterocycles. The second-order valence-electron chi connectivity index (χ2n) is 6.43. The number of hydrogen-bond donors (Lipinski definition) is 2. The third-order valence-corrected chi connectivity index (χ3v) is 4.44. The average molecular weight is 545 g/mol. The molecule has 1 atom stereocenters. The number of ether oxygens (including phenoxy) is 1. The maximum absolute atomic E-state index is 14.1. The van der Waals surface area contributed by atoms with Crippen LogP contribution >= 0.6 is 24.0 Å². The summed E-state index contributed by atoms with van der Waals surface area (Å²) in [7, 11) is 1.57. The number of rotatable bonds is 7. The van der Waals surface area contributed by atoms with Crippen LogP contribution in [0.25, 0.3) is 5.69 Å². The normalized spacial score (nSPS) is 12.3. The number of nitrogens with one attached hydrogen (secondary N) is 2. The van der Waals surface area contributed by atoms with Crippen molar-refractivity contribution in [1.29, 1.82) is 0 Å². The highest BCUT2D eigenvalue weighted by molar-refractivity contribution is 14.0. The first kappa shape index (κ1) is 24.5. The largest absolute Gasteiger partial charge is 0.434 e. The Bertz CT molecular complexity index is 998. The first-order chi connectivity index (χ1) is 14.5. The van der Waals surface area contributed by atoms with Gasteiger partial charge in [0.15, 0.2) is 5.96 Å². The van der Waals surface area contributed by atoms with E-state index >= 15 is 0 Å². The number of halogens is 4. The van der Waals surface area contributed by atoms with Gasteiger partial charge in [0.1, 0.15) is 11.6 Å². The second kappa shape index (κ2) is 11.6. The minimum Gasteiger partial charge on any atom is -0.434 e. The molecule has 0 spiro atoms. The summed E-state index contributed by atoms with van der Waals surface area (Å²) in [6.07, 6.45) is 3.56. The van der Waals surface area contributed by atoms with E-state index in [2.05, 4.69) is 25.5 Å². The summed E-state index contributed by atoms with van der Waals surface area (Å²) >= 11 is 0. The van der Waals surface area contributed by atoms with E-state index in [9.17, 15) is 13.2 Å². The van der Waals surface area contributed by atoms with Crippen molar-refractivity contribution in [2.24, 2.45) is 4.99 Å². The van der Waals surface area contributed by atoms with Gasteiger partial charge >= 0.3 is 6.61 Å². The van der Waals surface area contributed by atoms with Crippen molar-refractivity contribution in [3.8, 4) is 11.4 Å². The van der Waals surface area contributed by atoms with Crippen LogP contribution in [-0.2, 0) is 6.54 Å². The predicted octanol–water partition coefficient (Wildman–Crippen LogP) is 4.66. The Morgan fingerprint density at radius 2 is 1.97 bits per heavy atom. The number of guanidine groups is 1. The lowest BCUT2D eigenvalue weighted by molar-refractivity contribution is -0.0506. The molecule has 0 aliphatic heterocycles. The average Bonchev–Trinajstić information content (AvgIpc) is 3.27. The van der Waals surface area contributed by atoms with Gasteiger partial charge < -0.3 is 15.4 Å². The molecular formula is C21H23F3IN5O. The number of hydrogen-bond acceptors (Lipinski definition) is 3. The molecular weight excluding hydrogens is 522 g/mol. The van der Waals surface area contributed by atoms with Gasteiger partial charge in [-0.1, -0.05) is 18.2 Å². The van der Waals surface area contributed by atoms with Crippen LogP contribution in [0.3, 0.4) is 0 Å². The molecule has 1 unspecified atom stereocenters. The molecule has 31 heavy (non-hydrogen) atoms. The maximum Gasteiger partial charge on any atom is 0.387 e. The number of benzene rings is 2. The van der Waals surface area contributed by atoms with Crippen molar-refractivity contribution in [3.63, 3.8) is 0 Å². The highest BCUT2D eigenvalue weighted by Crippen LogP contribution is 2.23. The fourth-order valence-corrected chi connectivity index (χ4v) is 2.93. The number of aromatic nitrogens is 2.